The summed E-state index contributed by atoms with van der Waals surface area (Å²) >= 11 is 0. The summed E-state index contributed by atoms with van der Waals surface area (Å²) in [5, 5.41) is 10.3. The molecule has 19 heavy (non-hydrogen) atoms. The van der Waals surface area contributed by atoms with E-state index >= 15 is 0 Å². The lowest BCUT2D eigenvalue weighted by Crippen LogP contribution is -2.38. The smallest absolute Gasteiger partial charge is 0.308 e. The van der Waals surface area contributed by atoms with Gasteiger partial charge in [-0.2, -0.15) is 10.2 Å². The van der Waals surface area contributed by atoms with Crippen molar-refractivity contribution in [1.82, 2.24) is 15.5 Å². The molecule has 1 fully saturated rings. The van der Waals surface area contributed by atoms with Crippen LogP contribution in [0.2, 0.25) is 0 Å². The van der Waals surface area contributed by atoms with Crippen LogP contribution in [0.15, 0.2) is 18.5 Å². The number of hydrogen-bond donors (Lipinski definition) is 1. The van der Waals surface area contributed by atoms with Crippen molar-refractivity contribution in [3.05, 3.63) is 24.0 Å². The highest BCUT2D eigenvalue weighted by Crippen LogP contribution is 2.25. The fraction of sp³-hybridized carbons (Fsp3) is 0.538. The molecule has 6 heteroatoms. The first-order valence-corrected chi connectivity index (χ1v) is 6.36. The molecule has 6 nitrogen and oxygen atoms in total. The number of amides is 1. The third kappa shape index (κ3) is 3.49. The van der Waals surface area contributed by atoms with Crippen LogP contribution < -0.4 is 5.32 Å². The van der Waals surface area contributed by atoms with E-state index in [1.54, 1.807) is 6.07 Å². The molecule has 0 saturated heterocycles. The Morgan fingerprint density at radius 2 is 2.00 bits per heavy atom. The van der Waals surface area contributed by atoms with Crippen molar-refractivity contribution in [3.63, 3.8) is 0 Å². The van der Waals surface area contributed by atoms with Crippen LogP contribution in [0.1, 0.15) is 36.0 Å². The summed E-state index contributed by atoms with van der Waals surface area (Å²) in [6.07, 6.45) is 6.03. The maximum Gasteiger partial charge on any atom is 0.308 e. The lowest BCUT2D eigenvalue weighted by Gasteiger charge is -2.27. The molecular formula is C13H17N3O3. The zero-order valence-corrected chi connectivity index (χ0v) is 10.8. The number of nitrogens with zero attached hydrogens (tertiary/aromatic N) is 2. The van der Waals surface area contributed by atoms with Crippen LogP contribution in [-0.2, 0) is 9.53 Å². The van der Waals surface area contributed by atoms with Gasteiger partial charge in [0.25, 0.3) is 5.91 Å². The number of esters is 1. The Bertz CT molecular complexity index is 442. The largest absolute Gasteiger partial charge is 0.469 e. The Balaban J connectivity index is 1.83. The molecule has 1 amide bonds. The molecule has 0 radical (unpaired) electrons. The topological polar surface area (TPSA) is 81.2 Å². The van der Waals surface area contributed by atoms with E-state index in [-0.39, 0.29) is 23.8 Å². The standard InChI is InChI=1S/C13H17N3O3/c1-19-13(18)9-2-4-11(5-3-9)16-12(17)10-6-7-14-15-8-10/h6-9,11H,2-5H2,1H3,(H,16,17). The fourth-order valence-electron chi connectivity index (χ4n) is 2.33. The lowest BCUT2D eigenvalue weighted by atomic mass is 9.86. The van der Waals surface area contributed by atoms with Crippen LogP contribution in [0.5, 0.6) is 0 Å². The third-order valence-corrected chi connectivity index (χ3v) is 3.44. The molecular weight excluding hydrogens is 246 g/mol. The van der Waals surface area contributed by atoms with E-state index in [2.05, 4.69) is 15.5 Å². The summed E-state index contributed by atoms with van der Waals surface area (Å²) < 4.78 is 4.73. The van der Waals surface area contributed by atoms with Crippen LogP contribution >= 0.6 is 0 Å². The molecule has 2 rings (SSSR count). The van der Waals surface area contributed by atoms with Gasteiger partial charge in [-0.1, -0.05) is 0 Å². The van der Waals surface area contributed by atoms with Gasteiger partial charge in [0.2, 0.25) is 0 Å². The van der Waals surface area contributed by atoms with Crippen molar-refractivity contribution in [2.75, 3.05) is 7.11 Å². The SMILES string of the molecule is COC(=O)C1CCC(NC(=O)c2ccnnc2)CC1. The van der Waals surface area contributed by atoms with E-state index in [1.807, 2.05) is 0 Å². The minimum Gasteiger partial charge on any atom is -0.469 e. The van der Waals surface area contributed by atoms with Gasteiger partial charge < -0.3 is 10.1 Å². The highest BCUT2D eigenvalue weighted by molar-refractivity contribution is 5.93. The average molecular weight is 263 g/mol. The Hall–Kier alpha value is -1.98. The first-order chi connectivity index (χ1) is 9.20. The van der Waals surface area contributed by atoms with Crippen molar-refractivity contribution < 1.29 is 14.3 Å². The number of aromatic nitrogens is 2. The second-order valence-corrected chi connectivity index (χ2v) is 4.68. The van der Waals surface area contributed by atoms with E-state index in [0.717, 1.165) is 25.7 Å². The second-order valence-electron chi connectivity index (χ2n) is 4.68. The predicted molar refractivity (Wildman–Crippen MR) is 67.3 cm³/mol. The zero-order valence-electron chi connectivity index (χ0n) is 10.8. The summed E-state index contributed by atoms with van der Waals surface area (Å²) in [5.74, 6) is -0.319. The molecule has 0 unspecified atom stereocenters. The van der Waals surface area contributed by atoms with E-state index in [1.165, 1.54) is 19.5 Å². The van der Waals surface area contributed by atoms with Gasteiger partial charge in [0.05, 0.1) is 31.0 Å². The first kappa shape index (κ1) is 13.5. The van der Waals surface area contributed by atoms with Gasteiger partial charge in [-0.15, -0.1) is 0 Å². The van der Waals surface area contributed by atoms with Crippen molar-refractivity contribution in [1.29, 1.82) is 0 Å². The third-order valence-electron chi connectivity index (χ3n) is 3.44. The summed E-state index contributed by atoms with van der Waals surface area (Å²) in [4.78, 5) is 23.3. The second kappa shape index (κ2) is 6.26. The molecule has 0 aromatic carbocycles. The van der Waals surface area contributed by atoms with Crippen LogP contribution in [0.4, 0.5) is 0 Å². The van der Waals surface area contributed by atoms with E-state index in [9.17, 15) is 9.59 Å². The lowest BCUT2D eigenvalue weighted by molar-refractivity contribution is -0.146. The van der Waals surface area contributed by atoms with Gasteiger partial charge in [0, 0.05) is 6.04 Å². The molecule has 1 heterocycles. The molecule has 1 saturated carbocycles. The van der Waals surface area contributed by atoms with Crippen LogP contribution in [-0.4, -0.2) is 35.2 Å². The summed E-state index contributed by atoms with van der Waals surface area (Å²) in [6, 6.07) is 1.74. The maximum atomic E-state index is 11.9. The van der Waals surface area contributed by atoms with Crippen LogP contribution in [0, 0.1) is 5.92 Å². The zero-order chi connectivity index (χ0) is 13.7. The molecule has 0 bridgehead atoms. The van der Waals surface area contributed by atoms with Crippen molar-refractivity contribution in [3.8, 4) is 0 Å². The highest BCUT2D eigenvalue weighted by atomic mass is 16.5. The molecule has 1 aromatic rings. The Labute approximate surface area is 111 Å². The Morgan fingerprint density at radius 3 is 2.58 bits per heavy atom. The number of rotatable bonds is 3. The molecule has 1 aromatic heterocycles. The quantitative estimate of drug-likeness (QED) is 0.821. The number of carbonyl (C=O) groups is 2. The number of nitrogens with one attached hydrogen (secondary N) is 1. The molecule has 0 spiro atoms. The van der Waals surface area contributed by atoms with Crippen molar-refractivity contribution in [2.45, 2.75) is 31.7 Å². The molecule has 1 aliphatic carbocycles. The number of ether oxygens (including phenoxy) is 1. The van der Waals surface area contributed by atoms with Crippen LogP contribution in [0.25, 0.3) is 0 Å². The summed E-state index contributed by atoms with van der Waals surface area (Å²) in [7, 11) is 1.41. The molecule has 0 aliphatic heterocycles. The first-order valence-electron chi connectivity index (χ1n) is 6.36. The molecule has 102 valence electrons. The molecule has 0 atom stereocenters. The van der Waals surface area contributed by atoms with Crippen LogP contribution in [0.3, 0.4) is 0 Å². The van der Waals surface area contributed by atoms with E-state index in [0.29, 0.717) is 5.56 Å². The van der Waals surface area contributed by atoms with Gasteiger partial charge in [0.1, 0.15) is 0 Å². The maximum absolute atomic E-state index is 11.9. The van der Waals surface area contributed by atoms with Crippen molar-refractivity contribution in [2.24, 2.45) is 5.92 Å². The predicted octanol–water partition coefficient (Wildman–Crippen LogP) is 0.938. The number of carbonyl (C=O) groups excluding carboxylic acids is 2. The van der Waals surface area contributed by atoms with Gasteiger partial charge >= 0.3 is 5.97 Å². The Kier molecular flexibility index (Phi) is 4.43. The normalized spacial score (nSPS) is 22.6. The van der Waals surface area contributed by atoms with Gasteiger partial charge in [0.15, 0.2) is 0 Å². The average Bonchev–Trinajstić information content (AvgIpc) is 2.48. The van der Waals surface area contributed by atoms with E-state index < -0.39 is 0 Å². The minimum atomic E-state index is -0.150. The highest BCUT2D eigenvalue weighted by Gasteiger charge is 2.27. The number of hydrogen-bond acceptors (Lipinski definition) is 5. The Morgan fingerprint density at radius 1 is 1.26 bits per heavy atom. The number of methoxy groups -OCH3 is 1. The van der Waals surface area contributed by atoms with E-state index in [4.69, 9.17) is 4.74 Å². The minimum absolute atomic E-state index is 0.0271. The van der Waals surface area contributed by atoms with Gasteiger partial charge in [-0.05, 0) is 31.7 Å². The molecule has 1 aliphatic rings. The molecule has 1 N–H and O–H groups in total. The monoisotopic (exact) mass is 263 g/mol. The van der Waals surface area contributed by atoms with Gasteiger partial charge in [-0.25, -0.2) is 0 Å². The fourth-order valence-corrected chi connectivity index (χ4v) is 2.33. The van der Waals surface area contributed by atoms with Crippen molar-refractivity contribution >= 4 is 11.9 Å². The summed E-state index contributed by atoms with van der Waals surface area (Å²) in [6.45, 7) is 0. The summed E-state index contributed by atoms with van der Waals surface area (Å²) in [5.41, 5.74) is 0.505. The van der Waals surface area contributed by atoms with Gasteiger partial charge in [-0.3, -0.25) is 9.59 Å².